The minimum atomic E-state index is -0.298. The average molecular weight is 211 g/mol. The Morgan fingerprint density at radius 3 is 3.07 bits per heavy atom. The molecule has 0 aromatic rings. The van der Waals surface area contributed by atoms with Crippen LogP contribution in [0.3, 0.4) is 0 Å². The van der Waals surface area contributed by atoms with Crippen molar-refractivity contribution in [2.45, 2.75) is 19.4 Å². The molecule has 0 spiro atoms. The highest BCUT2D eigenvalue weighted by Crippen LogP contribution is 2.42. The van der Waals surface area contributed by atoms with Gasteiger partial charge in [0.2, 0.25) is 0 Å². The molecule has 2 aliphatic rings. The van der Waals surface area contributed by atoms with Crippen molar-refractivity contribution in [2.24, 2.45) is 17.8 Å². The summed E-state index contributed by atoms with van der Waals surface area (Å²) < 4.78 is 4.74. The van der Waals surface area contributed by atoms with Crippen LogP contribution in [0.25, 0.3) is 0 Å². The van der Waals surface area contributed by atoms with Crippen LogP contribution in [0.1, 0.15) is 13.3 Å². The first-order valence-corrected chi connectivity index (χ1v) is 5.35. The van der Waals surface area contributed by atoms with Crippen molar-refractivity contribution in [2.75, 3.05) is 13.7 Å². The van der Waals surface area contributed by atoms with Gasteiger partial charge in [-0.15, -0.1) is 0 Å². The smallest absolute Gasteiger partial charge is 0.335 e. The molecule has 1 fully saturated rings. The molecule has 4 unspecified atom stereocenters. The molecule has 0 saturated heterocycles. The lowest BCUT2D eigenvalue weighted by Gasteiger charge is -2.28. The van der Waals surface area contributed by atoms with Crippen molar-refractivity contribution in [3.05, 3.63) is 11.8 Å². The van der Waals surface area contributed by atoms with Crippen LogP contribution >= 0.6 is 0 Å². The van der Waals surface area contributed by atoms with Gasteiger partial charge in [-0.3, -0.25) is 0 Å². The Labute approximate surface area is 89.3 Å². The highest BCUT2D eigenvalue weighted by atomic mass is 16.5. The Hall–Kier alpha value is -1.03. The maximum absolute atomic E-state index is 11.5. The number of fused-ring (bicyclic) bond motifs is 1. The number of aliphatic hydroxyl groups is 1. The Morgan fingerprint density at radius 2 is 2.40 bits per heavy atom. The average Bonchev–Trinajstić information content (AvgIpc) is 2.54. The van der Waals surface area contributed by atoms with Crippen LogP contribution in [0.2, 0.25) is 0 Å². The number of ether oxygens (including phenoxy) is 1. The van der Waals surface area contributed by atoms with Crippen LogP contribution in [0.4, 0.5) is 0 Å². The van der Waals surface area contributed by atoms with Crippen molar-refractivity contribution >= 4 is 5.97 Å². The minimum absolute atomic E-state index is 0.156. The second-order valence-corrected chi connectivity index (χ2v) is 4.43. The second kappa shape index (κ2) is 3.85. The Kier molecular flexibility index (Phi) is 2.69. The molecular weight excluding hydrogens is 194 g/mol. The predicted molar refractivity (Wildman–Crippen MR) is 54.9 cm³/mol. The highest BCUT2D eigenvalue weighted by molar-refractivity contribution is 5.89. The van der Waals surface area contributed by atoms with Gasteiger partial charge in [0.1, 0.15) is 0 Å². The Balaban J connectivity index is 2.21. The molecule has 0 radical (unpaired) electrons. The van der Waals surface area contributed by atoms with Crippen molar-refractivity contribution in [3.8, 4) is 0 Å². The number of carbonyl (C=O) groups is 1. The van der Waals surface area contributed by atoms with Crippen LogP contribution in [-0.4, -0.2) is 30.8 Å². The van der Waals surface area contributed by atoms with E-state index in [0.29, 0.717) is 17.9 Å². The van der Waals surface area contributed by atoms with E-state index in [0.717, 1.165) is 6.54 Å². The summed E-state index contributed by atoms with van der Waals surface area (Å²) in [6.07, 6.45) is 2.11. The largest absolute Gasteiger partial charge is 0.466 e. The molecule has 1 heterocycles. The van der Waals surface area contributed by atoms with E-state index in [1.165, 1.54) is 7.11 Å². The third kappa shape index (κ3) is 1.63. The summed E-state index contributed by atoms with van der Waals surface area (Å²) >= 11 is 0. The maximum atomic E-state index is 11.5. The zero-order chi connectivity index (χ0) is 11.0. The normalized spacial score (nSPS) is 39.0. The van der Waals surface area contributed by atoms with Gasteiger partial charge in [0.25, 0.3) is 0 Å². The fourth-order valence-electron chi connectivity index (χ4n) is 2.73. The number of hydrogen-bond donors (Lipinski definition) is 2. The number of carbonyl (C=O) groups excluding carboxylic acids is 1. The molecule has 1 saturated carbocycles. The van der Waals surface area contributed by atoms with Crippen molar-refractivity contribution in [1.29, 1.82) is 0 Å². The van der Waals surface area contributed by atoms with Gasteiger partial charge in [-0.2, -0.15) is 0 Å². The van der Waals surface area contributed by atoms with E-state index in [-0.39, 0.29) is 23.9 Å². The van der Waals surface area contributed by atoms with Crippen LogP contribution in [-0.2, 0) is 9.53 Å². The van der Waals surface area contributed by atoms with Gasteiger partial charge in [-0.25, -0.2) is 4.79 Å². The molecule has 1 aliphatic heterocycles. The van der Waals surface area contributed by atoms with Gasteiger partial charge in [0.05, 0.1) is 18.8 Å². The fourth-order valence-corrected chi connectivity index (χ4v) is 2.73. The number of aliphatic hydroxyl groups excluding tert-OH is 1. The minimum Gasteiger partial charge on any atom is -0.466 e. The molecule has 4 atom stereocenters. The van der Waals surface area contributed by atoms with E-state index in [1.54, 1.807) is 6.20 Å². The summed E-state index contributed by atoms with van der Waals surface area (Å²) in [4.78, 5) is 11.5. The summed E-state index contributed by atoms with van der Waals surface area (Å²) in [5, 5.41) is 12.9. The quantitative estimate of drug-likeness (QED) is 0.612. The molecule has 2 rings (SSSR count). The van der Waals surface area contributed by atoms with Crippen LogP contribution in [0.15, 0.2) is 11.8 Å². The van der Waals surface area contributed by atoms with Crippen molar-refractivity contribution in [1.82, 2.24) is 5.32 Å². The number of esters is 1. The maximum Gasteiger partial charge on any atom is 0.335 e. The molecular formula is C11H17NO3. The van der Waals surface area contributed by atoms with Gasteiger partial charge in [0.15, 0.2) is 0 Å². The van der Waals surface area contributed by atoms with Crippen molar-refractivity contribution < 1.29 is 14.6 Å². The number of methoxy groups -OCH3 is 1. The van der Waals surface area contributed by atoms with Gasteiger partial charge in [0, 0.05) is 12.7 Å². The second-order valence-electron chi connectivity index (χ2n) is 4.43. The SMILES string of the molecule is COC(=O)C1=CNCC2C1CC(O)C2C. The molecule has 1 aliphatic carbocycles. The summed E-state index contributed by atoms with van der Waals surface area (Å²) in [5.41, 5.74) is 0.678. The lowest BCUT2D eigenvalue weighted by atomic mass is 9.83. The molecule has 0 bridgehead atoms. The molecule has 15 heavy (non-hydrogen) atoms. The Bertz CT molecular complexity index is 300. The van der Waals surface area contributed by atoms with E-state index in [4.69, 9.17) is 4.74 Å². The van der Waals surface area contributed by atoms with E-state index >= 15 is 0 Å². The number of hydrogen-bond acceptors (Lipinski definition) is 4. The molecule has 4 nitrogen and oxygen atoms in total. The van der Waals surface area contributed by atoms with Crippen LogP contribution < -0.4 is 5.32 Å². The summed E-state index contributed by atoms with van der Waals surface area (Å²) in [6.45, 7) is 2.88. The molecule has 0 aromatic heterocycles. The van der Waals surface area contributed by atoms with Gasteiger partial charge < -0.3 is 15.2 Å². The molecule has 0 amide bonds. The van der Waals surface area contributed by atoms with Crippen LogP contribution in [0.5, 0.6) is 0 Å². The zero-order valence-electron chi connectivity index (χ0n) is 9.06. The van der Waals surface area contributed by atoms with E-state index in [2.05, 4.69) is 5.32 Å². The van der Waals surface area contributed by atoms with Crippen LogP contribution in [0, 0.1) is 17.8 Å². The van der Waals surface area contributed by atoms with E-state index in [1.807, 2.05) is 6.92 Å². The molecule has 2 N–H and O–H groups in total. The standard InChI is InChI=1S/C11H17NO3/c1-6-8-4-12-5-9(11(14)15-2)7(8)3-10(6)13/h5-8,10,12-13H,3-4H2,1-2H3. The molecule has 0 aromatic carbocycles. The first-order chi connectivity index (χ1) is 7.15. The monoisotopic (exact) mass is 211 g/mol. The van der Waals surface area contributed by atoms with Crippen molar-refractivity contribution in [3.63, 3.8) is 0 Å². The lowest BCUT2D eigenvalue weighted by Crippen LogP contribution is -2.34. The van der Waals surface area contributed by atoms with Gasteiger partial charge in [-0.1, -0.05) is 6.92 Å². The lowest BCUT2D eigenvalue weighted by molar-refractivity contribution is -0.137. The third-order valence-electron chi connectivity index (χ3n) is 3.73. The van der Waals surface area contributed by atoms with Gasteiger partial charge >= 0.3 is 5.97 Å². The number of nitrogens with one attached hydrogen (secondary N) is 1. The first-order valence-electron chi connectivity index (χ1n) is 5.35. The molecule has 84 valence electrons. The van der Waals surface area contributed by atoms with E-state index < -0.39 is 0 Å². The van der Waals surface area contributed by atoms with E-state index in [9.17, 15) is 9.90 Å². The fraction of sp³-hybridized carbons (Fsp3) is 0.727. The Morgan fingerprint density at radius 1 is 1.67 bits per heavy atom. The first kappa shape index (κ1) is 10.5. The zero-order valence-corrected chi connectivity index (χ0v) is 9.06. The predicted octanol–water partition coefficient (Wildman–Crippen LogP) is 0.280. The highest BCUT2D eigenvalue weighted by Gasteiger charge is 2.44. The summed E-state index contributed by atoms with van der Waals surface area (Å²) in [6, 6.07) is 0. The topological polar surface area (TPSA) is 58.6 Å². The summed E-state index contributed by atoms with van der Waals surface area (Å²) in [5.74, 6) is 0.470. The summed E-state index contributed by atoms with van der Waals surface area (Å²) in [7, 11) is 1.39. The third-order valence-corrected chi connectivity index (χ3v) is 3.73. The van der Waals surface area contributed by atoms with Gasteiger partial charge in [-0.05, 0) is 24.2 Å². The molecule has 4 heteroatoms. The number of rotatable bonds is 1.